The van der Waals surface area contributed by atoms with Gasteiger partial charge in [-0.05, 0) is 38.3 Å². The molecule has 1 atom stereocenters. The molecule has 0 saturated heterocycles. The summed E-state index contributed by atoms with van der Waals surface area (Å²) in [5.41, 5.74) is 6.28. The molecule has 1 aromatic rings. The van der Waals surface area contributed by atoms with Gasteiger partial charge in [-0.15, -0.1) is 0 Å². The molecule has 4 nitrogen and oxygen atoms in total. The predicted molar refractivity (Wildman–Crippen MR) is 68.9 cm³/mol. The van der Waals surface area contributed by atoms with E-state index < -0.39 is 0 Å². The van der Waals surface area contributed by atoms with E-state index in [2.05, 4.69) is 12.0 Å². The van der Waals surface area contributed by atoms with Crippen LogP contribution in [-0.4, -0.2) is 22.1 Å². The van der Waals surface area contributed by atoms with Crippen LogP contribution in [0, 0.1) is 5.92 Å². The number of nitrogens with zero attached hydrogens (tertiary/aromatic N) is 2. The maximum absolute atomic E-state index is 12.0. The third-order valence-electron chi connectivity index (χ3n) is 3.23. The number of carbonyl (C=O) groups excluding carboxylic acids is 1. The Morgan fingerprint density at radius 1 is 1.47 bits per heavy atom. The summed E-state index contributed by atoms with van der Waals surface area (Å²) < 4.78 is 1.76. The van der Waals surface area contributed by atoms with Crippen molar-refractivity contribution in [3.05, 3.63) is 18.0 Å². The van der Waals surface area contributed by atoms with Gasteiger partial charge < -0.3 is 5.73 Å². The summed E-state index contributed by atoms with van der Waals surface area (Å²) in [7, 11) is 0. The summed E-state index contributed by atoms with van der Waals surface area (Å²) in [5, 5.41) is 4.12. The van der Waals surface area contributed by atoms with Gasteiger partial charge in [-0.3, -0.25) is 9.48 Å². The van der Waals surface area contributed by atoms with Crippen molar-refractivity contribution in [2.24, 2.45) is 11.7 Å². The predicted octanol–water partition coefficient (Wildman–Crippen LogP) is 2.24. The smallest absolute Gasteiger partial charge is 0.180 e. The highest BCUT2D eigenvalue weighted by molar-refractivity contribution is 5.94. The third kappa shape index (κ3) is 3.97. The van der Waals surface area contributed by atoms with Crippen LogP contribution in [0.5, 0.6) is 0 Å². The zero-order chi connectivity index (χ0) is 12.7. The third-order valence-corrected chi connectivity index (χ3v) is 3.23. The summed E-state index contributed by atoms with van der Waals surface area (Å²) in [6.45, 7) is 5.60. The molecule has 0 saturated carbocycles. The second kappa shape index (κ2) is 7.22. The zero-order valence-corrected chi connectivity index (χ0v) is 10.9. The molecular weight excluding hydrogens is 214 g/mol. The van der Waals surface area contributed by atoms with E-state index in [1.54, 1.807) is 16.9 Å². The van der Waals surface area contributed by atoms with Crippen molar-refractivity contribution in [3.63, 3.8) is 0 Å². The minimum atomic E-state index is 0.194. The highest BCUT2D eigenvalue weighted by Crippen LogP contribution is 2.16. The van der Waals surface area contributed by atoms with Crippen LogP contribution >= 0.6 is 0 Å². The molecule has 0 spiro atoms. The fourth-order valence-electron chi connectivity index (χ4n) is 2.07. The minimum absolute atomic E-state index is 0.194. The summed E-state index contributed by atoms with van der Waals surface area (Å²) in [4.78, 5) is 12.0. The fourth-order valence-corrected chi connectivity index (χ4v) is 2.07. The Morgan fingerprint density at radius 2 is 2.24 bits per heavy atom. The Hall–Kier alpha value is -1.16. The molecule has 0 radical (unpaired) electrons. The molecule has 1 heterocycles. The molecule has 0 aromatic carbocycles. The van der Waals surface area contributed by atoms with Gasteiger partial charge in [0.05, 0.1) is 0 Å². The van der Waals surface area contributed by atoms with Crippen LogP contribution in [0.2, 0.25) is 0 Å². The Bertz CT molecular complexity index is 346. The molecule has 0 fully saturated rings. The molecule has 0 aliphatic rings. The van der Waals surface area contributed by atoms with E-state index in [1.807, 2.05) is 6.92 Å². The van der Waals surface area contributed by atoms with Crippen molar-refractivity contribution in [1.29, 1.82) is 0 Å². The second-order valence-electron chi connectivity index (χ2n) is 4.35. The van der Waals surface area contributed by atoms with Crippen LogP contribution in [0.1, 0.15) is 50.0 Å². The number of hydrogen-bond donors (Lipinski definition) is 1. The Balaban J connectivity index is 2.49. The molecule has 1 rings (SSSR count). The van der Waals surface area contributed by atoms with Gasteiger partial charge in [0.15, 0.2) is 5.78 Å². The van der Waals surface area contributed by atoms with E-state index in [-0.39, 0.29) is 5.78 Å². The quantitative estimate of drug-likeness (QED) is 0.705. The lowest BCUT2D eigenvalue weighted by Crippen LogP contribution is -2.13. The molecule has 1 aromatic heterocycles. The van der Waals surface area contributed by atoms with Crippen molar-refractivity contribution < 1.29 is 4.79 Å². The molecule has 4 heteroatoms. The molecule has 0 aliphatic carbocycles. The van der Waals surface area contributed by atoms with E-state index in [4.69, 9.17) is 5.73 Å². The lowest BCUT2D eigenvalue weighted by atomic mass is 9.95. The molecule has 0 aliphatic heterocycles. The van der Waals surface area contributed by atoms with Crippen molar-refractivity contribution >= 4 is 5.78 Å². The number of aryl methyl sites for hydroxylation is 1. The molecular formula is C13H23N3O. The van der Waals surface area contributed by atoms with Crippen LogP contribution in [0.4, 0.5) is 0 Å². The number of Topliss-reactive ketones (excluding diaryl/α,β-unsaturated/α-hetero) is 1. The van der Waals surface area contributed by atoms with Gasteiger partial charge in [-0.25, -0.2) is 0 Å². The molecule has 0 bridgehead atoms. The first-order valence-electron chi connectivity index (χ1n) is 6.47. The first-order chi connectivity index (χ1) is 8.22. The standard InChI is InChI=1S/C13H23N3O/c1-3-11(7-9-14)5-6-13(17)12-8-10-15-16(12)4-2/h8,10-11H,3-7,9,14H2,1-2H3. The summed E-state index contributed by atoms with van der Waals surface area (Å²) in [6.07, 6.45) is 5.33. The SMILES string of the molecule is CCC(CCN)CCC(=O)c1ccnn1CC. The van der Waals surface area contributed by atoms with Crippen molar-refractivity contribution in [1.82, 2.24) is 9.78 Å². The van der Waals surface area contributed by atoms with Gasteiger partial charge in [0.25, 0.3) is 0 Å². The molecule has 0 amide bonds. The second-order valence-corrected chi connectivity index (χ2v) is 4.35. The van der Waals surface area contributed by atoms with Crippen molar-refractivity contribution in [2.45, 2.75) is 46.1 Å². The van der Waals surface area contributed by atoms with Crippen molar-refractivity contribution in [3.8, 4) is 0 Å². The lowest BCUT2D eigenvalue weighted by Gasteiger charge is -2.12. The minimum Gasteiger partial charge on any atom is -0.330 e. The maximum atomic E-state index is 12.0. The maximum Gasteiger partial charge on any atom is 0.180 e. The molecule has 96 valence electrons. The van der Waals surface area contributed by atoms with E-state index >= 15 is 0 Å². The highest BCUT2D eigenvalue weighted by Gasteiger charge is 2.13. The Kier molecular flexibility index (Phi) is 5.91. The van der Waals surface area contributed by atoms with Gasteiger partial charge in [0, 0.05) is 19.2 Å². The monoisotopic (exact) mass is 237 g/mol. The number of rotatable bonds is 8. The Labute approximate surface area is 103 Å². The average molecular weight is 237 g/mol. The topological polar surface area (TPSA) is 60.9 Å². The molecule has 1 unspecified atom stereocenters. The van der Waals surface area contributed by atoms with Gasteiger partial charge in [-0.2, -0.15) is 5.10 Å². The van der Waals surface area contributed by atoms with E-state index in [0.717, 1.165) is 31.5 Å². The summed E-state index contributed by atoms with van der Waals surface area (Å²) >= 11 is 0. The summed E-state index contributed by atoms with van der Waals surface area (Å²) in [5.74, 6) is 0.766. The van der Waals surface area contributed by atoms with Crippen LogP contribution in [-0.2, 0) is 6.54 Å². The fraction of sp³-hybridized carbons (Fsp3) is 0.692. The number of hydrogen-bond acceptors (Lipinski definition) is 3. The average Bonchev–Trinajstić information content (AvgIpc) is 2.82. The largest absolute Gasteiger partial charge is 0.330 e. The van der Waals surface area contributed by atoms with Gasteiger partial charge in [0.1, 0.15) is 5.69 Å². The van der Waals surface area contributed by atoms with Crippen LogP contribution in [0.15, 0.2) is 12.3 Å². The lowest BCUT2D eigenvalue weighted by molar-refractivity contribution is 0.0962. The van der Waals surface area contributed by atoms with Crippen LogP contribution < -0.4 is 5.73 Å². The number of nitrogens with two attached hydrogens (primary N) is 1. The normalized spacial score (nSPS) is 12.6. The highest BCUT2D eigenvalue weighted by atomic mass is 16.1. The number of ketones is 1. The van der Waals surface area contributed by atoms with Gasteiger partial charge in [0.2, 0.25) is 0 Å². The van der Waals surface area contributed by atoms with Crippen molar-refractivity contribution in [2.75, 3.05) is 6.54 Å². The van der Waals surface area contributed by atoms with Gasteiger partial charge >= 0.3 is 0 Å². The van der Waals surface area contributed by atoms with Crippen LogP contribution in [0.25, 0.3) is 0 Å². The first-order valence-corrected chi connectivity index (χ1v) is 6.47. The van der Waals surface area contributed by atoms with E-state index in [1.165, 1.54) is 0 Å². The molecule has 2 N–H and O–H groups in total. The zero-order valence-electron chi connectivity index (χ0n) is 10.9. The van der Waals surface area contributed by atoms with Gasteiger partial charge in [-0.1, -0.05) is 13.3 Å². The summed E-state index contributed by atoms with van der Waals surface area (Å²) in [6, 6.07) is 1.80. The van der Waals surface area contributed by atoms with E-state index in [9.17, 15) is 4.79 Å². The number of aromatic nitrogens is 2. The Morgan fingerprint density at radius 3 is 2.82 bits per heavy atom. The van der Waals surface area contributed by atoms with Crippen LogP contribution in [0.3, 0.4) is 0 Å². The first kappa shape index (κ1) is 13.9. The number of carbonyl (C=O) groups is 1. The van der Waals surface area contributed by atoms with E-state index in [0.29, 0.717) is 18.9 Å². The molecule has 17 heavy (non-hydrogen) atoms.